The lowest BCUT2D eigenvalue weighted by Gasteiger charge is -2.15. The molecule has 116 valence electrons. The predicted molar refractivity (Wildman–Crippen MR) is 72.7 cm³/mol. The van der Waals surface area contributed by atoms with Crippen molar-refractivity contribution in [3.63, 3.8) is 0 Å². The maximum absolute atomic E-state index is 12.5. The van der Waals surface area contributed by atoms with E-state index in [0.29, 0.717) is 0 Å². The van der Waals surface area contributed by atoms with E-state index in [1.807, 2.05) is 0 Å². The van der Waals surface area contributed by atoms with E-state index in [1.54, 1.807) is 0 Å². The van der Waals surface area contributed by atoms with E-state index in [1.165, 1.54) is 30.6 Å². The summed E-state index contributed by atoms with van der Waals surface area (Å²) in [4.78, 5) is 15.6. The first-order valence-electron chi connectivity index (χ1n) is 5.90. The molecule has 0 aliphatic rings. The SMILES string of the molecule is COC(=O)c1c(Cl)cncc1-c1ccccc1OC(F)(F)F. The van der Waals surface area contributed by atoms with Crippen LogP contribution in [0.25, 0.3) is 11.1 Å². The number of pyridine rings is 1. The summed E-state index contributed by atoms with van der Waals surface area (Å²) in [6, 6.07) is 5.37. The Morgan fingerprint density at radius 3 is 2.50 bits per heavy atom. The van der Waals surface area contributed by atoms with Gasteiger partial charge in [-0.05, 0) is 6.07 Å². The lowest BCUT2D eigenvalue weighted by molar-refractivity contribution is -0.274. The van der Waals surface area contributed by atoms with E-state index in [2.05, 4.69) is 14.5 Å². The van der Waals surface area contributed by atoms with Crippen molar-refractivity contribution in [2.24, 2.45) is 0 Å². The standard InChI is InChI=1S/C14H9ClF3NO3/c1-21-13(20)12-9(6-19-7-10(12)15)8-4-2-3-5-11(8)22-14(16,17)18/h2-7H,1H3. The Morgan fingerprint density at radius 2 is 1.86 bits per heavy atom. The Morgan fingerprint density at radius 1 is 1.18 bits per heavy atom. The average molecular weight is 332 g/mol. The minimum Gasteiger partial charge on any atom is -0.465 e. The average Bonchev–Trinajstić information content (AvgIpc) is 2.45. The highest BCUT2D eigenvalue weighted by atomic mass is 35.5. The maximum atomic E-state index is 12.5. The molecule has 0 saturated carbocycles. The number of rotatable bonds is 3. The number of aromatic nitrogens is 1. The minimum atomic E-state index is -4.87. The van der Waals surface area contributed by atoms with E-state index in [-0.39, 0.29) is 21.7 Å². The fraction of sp³-hybridized carbons (Fsp3) is 0.143. The fourth-order valence-electron chi connectivity index (χ4n) is 1.85. The number of nitrogens with zero attached hydrogens (tertiary/aromatic N) is 1. The number of alkyl halides is 3. The van der Waals surface area contributed by atoms with Crippen molar-refractivity contribution in [2.45, 2.75) is 6.36 Å². The molecule has 0 radical (unpaired) electrons. The third-order valence-electron chi connectivity index (χ3n) is 2.69. The van der Waals surface area contributed by atoms with Crippen LogP contribution < -0.4 is 4.74 Å². The van der Waals surface area contributed by atoms with E-state index < -0.39 is 18.1 Å². The number of hydrogen-bond donors (Lipinski definition) is 0. The molecule has 2 rings (SSSR count). The van der Waals surface area contributed by atoms with Gasteiger partial charge in [-0.1, -0.05) is 29.8 Å². The van der Waals surface area contributed by atoms with Gasteiger partial charge in [-0.2, -0.15) is 0 Å². The zero-order valence-corrected chi connectivity index (χ0v) is 11.9. The van der Waals surface area contributed by atoms with Crippen molar-refractivity contribution in [3.8, 4) is 16.9 Å². The Balaban J connectivity index is 2.63. The molecule has 4 nitrogen and oxygen atoms in total. The topological polar surface area (TPSA) is 48.4 Å². The molecule has 22 heavy (non-hydrogen) atoms. The van der Waals surface area contributed by atoms with Crippen molar-refractivity contribution in [3.05, 3.63) is 47.2 Å². The molecule has 0 N–H and O–H groups in total. The second-order valence-corrected chi connectivity index (χ2v) is 4.49. The van der Waals surface area contributed by atoms with Gasteiger partial charge in [0.1, 0.15) is 5.75 Å². The number of methoxy groups -OCH3 is 1. The zero-order valence-electron chi connectivity index (χ0n) is 11.1. The zero-order chi connectivity index (χ0) is 16.3. The number of para-hydroxylation sites is 1. The summed E-state index contributed by atoms with van der Waals surface area (Å²) in [5, 5.41) is -0.0360. The van der Waals surface area contributed by atoms with Crippen LogP contribution in [0.1, 0.15) is 10.4 Å². The van der Waals surface area contributed by atoms with Gasteiger partial charge in [0.05, 0.1) is 17.7 Å². The van der Waals surface area contributed by atoms with Gasteiger partial charge >= 0.3 is 12.3 Å². The van der Waals surface area contributed by atoms with Crippen LogP contribution in [0.4, 0.5) is 13.2 Å². The molecule has 0 unspecified atom stereocenters. The van der Waals surface area contributed by atoms with E-state index in [9.17, 15) is 18.0 Å². The number of halogens is 4. The molecule has 0 aliphatic heterocycles. The normalized spacial score (nSPS) is 11.1. The van der Waals surface area contributed by atoms with Gasteiger partial charge in [0, 0.05) is 23.5 Å². The Kier molecular flexibility index (Phi) is 4.56. The molecule has 8 heteroatoms. The second-order valence-electron chi connectivity index (χ2n) is 4.08. The molecule has 0 fully saturated rings. The Hall–Kier alpha value is -2.28. The molecule has 0 bridgehead atoms. The van der Waals surface area contributed by atoms with Gasteiger partial charge < -0.3 is 9.47 Å². The lowest BCUT2D eigenvalue weighted by Crippen LogP contribution is -2.18. The van der Waals surface area contributed by atoms with Crippen LogP contribution >= 0.6 is 11.6 Å². The fourth-order valence-corrected chi connectivity index (χ4v) is 2.09. The molecular weight excluding hydrogens is 323 g/mol. The molecule has 1 aromatic carbocycles. The summed E-state index contributed by atoms with van der Waals surface area (Å²) in [6.45, 7) is 0. The number of benzene rings is 1. The van der Waals surface area contributed by atoms with Crippen molar-refractivity contribution >= 4 is 17.6 Å². The van der Waals surface area contributed by atoms with Crippen molar-refractivity contribution in [1.82, 2.24) is 4.98 Å². The minimum absolute atomic E-state index is 0.0234. The van der Waals surface area contributed by atoms with Gasteiger partial charge in [-0.3, -0.25) is 4.98 Å². The molecule has 2 aromatic rings. The monoisotopic (exact) mass is 331 g/mol. The van der Waals surface area contributed by atoms with Crippen molar-refractivity contribution in [1.29, 1.82) is 0 Å². The van der Waals surface area contributed by atoms with Crippen molar-refractivity contribution in [2.75, 3.05) is 7.11 Å². The van der Waals surface area contributed by atoms with Crippen LogP contribution in [-0.2, 0) is 4.74 Å². The summed E-state index contributed by atoms with van der Waals surface area (Å²) in [6.07, 6.45) is -2.45. The summed E-state index contributed by atoms with van der Waals surface area (Å²) in [5.41, 5.74) is 0.0202. The number of hydrogen-bond acceptors (Lipinski definition) is 4. The van der Waals surface area contributed by atoms with Crippen LogP contribution in [-0.4, -0.2) is 24.4 Å². The number of carbonyl (C=O) groups is 1. The summed E-state index contributed by atoms with van der Waals surface area (Å²) >= 11 is 5.91. The highest BCUT2D eigenvalue weighted by Crippen LogP contribution is 2.37. The first kappa shape index (κ1) is 16.1. The maximum Gasteiger partial charge on any atom is 0.573 e. The third kappa shape index (κ3) is 3.48. The molecule has 1 aromatic heterocycles. The van der Waals surface area contributed by atoms with E-state index in [0.717, 1.165) is 13.2 Å². The van der Waals surface area contributed by atoms with Gasteiger partial charge in [-0.15, -0.1) is 13.2 Å². The van der Waals surface area contributed by atoms with Gasteiger partial charge in [0.2, 0.25) is 0 Å². The molecule has 0 aliphatic carbocycles. The second kappa shape index (κ2) is 6.23. The molecule has 0 atom stereocenters. The van der Waals surface area contributed by atoms with E-state index in [4.69, 9.17) is 11.6 Å². The molecule has 0 spiro atoms. The van der Waals surface area contributed by atoms with Crippen molar-refractivity contribution < 1.29 is 27.4 Å². The summed E-state index contributed by atoms with van der Waals surface area (Å²) < 4.78 is 46.0. The van der Waals surface area contributed by atoms with Crippen LogP contribution in [0.5, 0.6) is 5.75 Å². The number of carbonyl (C=O) groups excluding carboxylic acids is 1. The molecular formula is C14H9ClF3NO3. The first-order valence-corrected chi connectivity index (χ1v) is 6.28. The summed E-state index contributed by atoms with van der Waals surface area (Å²) in [5.74, 6) is -1.26. The van der Waals surface area contributed by atoms with Gasteiger partial charge in [-0.25, -0.2) is 4.79 Å². The van der Waals surface area contributed by atoms with Gasteiger partial charge in [0.15, 0.2) is 0 Å². The quantitative estimate of drug-likeness (QED) is 0.795. The van der Waals surface area contributed by atoms with Crippen LogP contribution in [0.2, 0.25) is 5.02 Å². The number of ether oxygens (including phenoxy) is 2. The summed E-state index contributed by atoms with van der Waals surface area (Å²) in [7, 11) is 1.14. The highest BCUT2D eigenvalue weighted by Gasteiger charge is 2.32. The first-order chi connectivity index (χ1) is 10.3. The smallest absolute Gasteiger partial charge is 0.465 e. The van der Waals surface area contributed by atoms with Crippen LogP contribution in [0, 0.1) is 0 Å². The molecule has 0 saturated heterocycles. The van der Waals surface area contributed by atoms with Crippen LogP contribution in [0.15, 0.2) is 36.7 Å². The Bertz CT molecular complexity index is 704. The highest BCUT2D eigenvalue weighted by molar-refractivity contribution is 6.34. The van der Waals surface area contributed by atoms with Crippen LogP contribution in [0.3, 0.4) is 0 Å². The van der Waals surface area contributed by atoms with Gasteiger partial charge in [0.25, 0.3) is 0 Å². The molecule has 1 heterocycles. The predicted octanol–water partition coefficient (Wildman–Crippen LogP) is 4.09. The lowest BCUT2D eigenvalue weighted by atomic mass is 10.0. The Labute approximate surface area is 128 Å². The largest absolute Gasteiger partial charge is 0.573 e. The number of esters is 1. The van der Waals surface area contributed by atoms with E-state index >= 15 is 0 Å². The third-order valence-corrected chi connectivity index (χ3v) is 2.98. The molecule has 0 amide bonds.